The van der Waals surface area contributed by atoms with Gasteiger partial charge in [0.2, 0.25) is 0 Å². The molecule has 2 aromatic rings. The first-order valence-corrected chi connectivity index (χ1v) is 7.50. The topological polar surface area (TPSA) is 71.2 Å². The van der Waals surface area contributed by atoms with Crippen LogP contribution in [0, 0.1) is 12.7 Å². The molecule has 0 bridgehead atoms. The third-order valence-electron chi connectivity index (χ3n) is 3.46. The molecule has 0 radical (unpaired) electrons. The summed E-state index contributed by atoms with van der Waals surface area (Å²) < 4.78 is 15.3. The maximum atomic E-state index is 14.0. The first-order valence-electron chi connectivity index (χ1n) is 7.12. The van der Waals surface area contributed by atoms with Crippen molar-refractivity contribution in [3.63, 3.8) is 0 Å². The van der Waals surface area contributed by atoms with Crippen LogP contribution in [0.15, 0.2) is 18.2 Å². The molecule has 1 unspecified atom stereocenters. The number of carbonyl (C=O) groups is 1. The molecular formula is C15H18ClFN4O2. The van der Waals surface area contributed by atoms with Gasteiger partial charge in [0, 0.05) is 18.6 Å². The van der Waals surface area contributed by atoms with Crippen LogP contribution >= 0.6 is 11.6 Å². The van der Waals surface area contributed by atoms with E-state index in [1.54, 1.807) is 20.9 Å². The van der Waals surface area contributed by atoms with Crippen molar-refractivity contribution in [3.05, 3.63) is 40.4 Å². The Morgan fingerprint density at radius 3 is 2.83 bits per heavy atom. The van der Waals surface area contributed by atoms with E-state index in [-0.39, 0.29) is 22.3 Å². The van der Waals surface area contributed by atoms with Crippen LogP contribution in [0.1, 0.15) is 29.5 Å². The molecule has 0 fully saturated rings. The van der Waals surface area contributed by atoms with Gasteiger partial charge in [0.05, 0.1) is 11.8 Å². The second-order valence-corrected chi connectivity index (χ2v) is 5.83. The zero-order chi connectivity index (χ0) is 17.1. The van der Waals surface area contributed by atoms with Crippen LogP contribution in [0.25, 0.3) is 5.69 Å². The van der Waals surface area contributed by atoms with Crippen molar-refractivity contribution in [3.8, 4) is 5.69 Å². The van der Waals surface area contributed by atoms with Crippen LogP contribution in [0.5, 0.6) is 0 Å². The quantitative estimate of drug-likeness (QED) is 0.906. The summed E-state index contributed by atoms with van der Waals surface area (Å²) in [6.07, 6.45) is -0.0356. The predicted octanol–water partition coefficient (Wildman–Crippen LogP) is 2.21. The summed E-state index contributed by atoms with van der Waals surface area (Å²) in [7, 11) is 1.62. The Morgan fingerprint density at radius 1 is 1.52 bits per heavy atom. The lowest BCUT2D eigenvalue weighted by molar-refractivity contribution is 0.0762. The first kappa shape index (κ1) is 17.4. The van der Waals surface area contributed by atoms with E-state index in [1.165, 1.54) is 27.8 Å². The molecule has 8 heteroatoms. The number of rotatable bonds is 5. The van der Waals surface area contributed by atoms with E-state index in [4.69, 9.17) is 11.6 Å². The van der Waals surface area contributed by atoms with Gasteiger partial charge >= 0.3 is 0 Å². The highest BCUT2D eigenvalue weighted by Crippen LogP contribution is 2.20. The van der Waals surface area contributed by atoms with Crippen LogP contribution in [-0.2, 0) is 0 Å². The summed E-state index contributed by atoms with van der Waals surface area (Å²) in [5.74, 6) is -0.879. The lowest BCUT2D eigenvalue weighted by Gasteiger charge is -2.17. The molecule has 1 aromatic carbocycles. The molecule has 1 atom stereocenters. The minimum absolute atomic E-state index is 0.146. The Bertz CT molecular complexity index is 717. The van der Waals surface area contributed by atoms with E-state index in [0.29, 0.717) is 18.7 Å². The molecule has 1 amide bonds. The summed E-state index contributed by atoms with van der Waals surface area (Å²) in [6, 6.07) is 4.19. The Hall–Kier alpha value is -1.99. The average Bonchev–Trinajstić information content (AvgIpc) is 2.85. The van der Waals surface area contributed by atoms with Gasteiger partial charge in [-0.15, -0.1) is 5.10 Å². The molecule has 23 heavy (non-hydrogen) atoms. The number of amides is 1. The van der Waals surface area contributed by atoms with Crippen molar-refractivity contribution in [2.75, 3.05) is 13.6 Å². The van der Waals surface area contributed by atoms with Gasteiger partial charge in [-0.1, -0.05) is 16.8 Å². The molecule has 1 aromatic heterocycles. The second-order valence-electron chi connectivity index (χ2n) is 5.40. The molecule has 6 nitrogen and oxygen atoms in total. The lowest BCUT2D eigenvalue weighted by atomic mass is 10.2. The Labute approximate surface area is 138 Å². The van der Waals surface area contributed by atoms with Crippen molar-refractivity contribution in [1.82, 2.24) is 19.9 Å². The van der Waals surface area contributed by atoms with Gasteiger partial charge < -0.3 is 10.0 Å². The van der Waals surface area contributed by atoms with Gasteiger partial charge in [0.15, 0.2) is 5.69 Å². The molecule has 0 spiro atoms. The smallest absolute Gasteiger partial charge is 0.276 e. The largest absolute Gasteiger partial charge is 0.393 e. The van der Waals surface area contributed by atoms with Crippen LogP contribution in [0.2, 0.25) is 5.02 Å². The summed E-state index contributed by atoms with van der Waals surface area (Å²) in [5, 5.41) is 17.3. The number of halogens is 2. The van der Waals surface area contributed by atoms with Crippen LogP contribution < -0.4 is 0 Å². The molecule has 0 aliphatic carbocycles. The summed E-state index contributed by atoms with van der Waals surface area (Å²) in [5.41, 5.74) is 0.748. The van der Waals surface area contributed by atoms with E-state index in [1.807, 2.05) is 0 Å². The Kier molecular flexibility index (Phi) is 5.33. The van der Waals surface area contributed by atoms with Gasteiger partial charge in [0.1, 0.15) is 11.5 Å². The highest BCUT2D eigenvalue weighted by atomic mass is 35.5. The van der Waals surface area contributed by atoms with Crippen molar-refractivity contribution in [2.24, 2.45) is 0 Å². The number of carbonyl (C=O) groups excluding carboxylic acids is 1. The van der Waals surface area contributed by atoms with Gasteiger partial charge in [-0.05, 0) is 38.5 Å². The third-order valence-corrected chi connectivity index (χ3v) is 3.70. The van der Waals surface area contributed by atoms with Crippen molar-refractivity contribution in [2.45, 2.75) is 26.4 Å². The number of aliphatic hydroxyl groups excluding tert-OH is 1. The minimum Gasteiger partial charge on any atom is -0.393 e. The third kappa shape index (κ3) is 3.86. The lowest BCUT2D eigenvalue weighted by Crippen LogP contribution is -2.30. The zero-order valence-corrected chi connectivity index (χ0v) is 13.9. The monoisotopic (exact) mass is 340 g/mol. The van der Waals surface area contributed by atoms with Crippen molar-refractivity contribution < 1.29 is 14.3 Å². The van der Waals surface area contributed by atoms with Gasteiger partial charge in [0.25, 0.3) is 5.91 Å². The molecule has 124 valence electrons. The molecule has 0 saturated heterocycles. The maximum absolute atomic E-state index is 14.0. The first-order chi connectivity index (χ1) is 10.8. The highest BCUT2D eigenvalue weighted by Gasteiger charge is 2.22. The number of benzene rings is 1. The fourth-order valence-electron chi connectivity index (χ4n) is 2.07. The molecule has 0 aliphatic heterocycles. The molecule has 1 N–H and O–H groups in total. The normalized spacial score (nSPS) is 12.3. The fourth-order valence-corrected chi connectivity index (χ4v) is 2.23. The summed E-state index contributed by atoms with van der Waals surface area (Å²) in [4.78, 5) is 13.8. The molecular weight excluding hydrogens is 323 g/mol. The number of hydrogen-bond acceptors (Lipinski definition) is 4. The van der Waals surface area contributed by atoms with E-state index < -0.39 is 11.9 Å². The highest BCUT2D eigenvalue weighted by molar-refractivity contribution is 6.30. The van der Waals surface area contributed by atoms with Crippen molar-refractivity contribution in [1.29, 1.82) is 0 Å². The number of nitrogens with zero attached hydrogens (tertiary/aromatic N) is 4. The van der Waals surface area contributed by atoms with Gasteiger partial charge in [-0.2, -0.15) is 0 Å². The maximum Gasteiger partial charge on any atom is 0.276 e. The van der Waals surface area contributed by atoms with Gasteiger partial charge in [-0.25, -0.2) is 9.07 Å². The van der Waals surface area contributed by atoms with Crippen LogP contribution in [-0.4, -0.2) is 50.6 Å². The average molecular weight is 341 g/mol. The summed E-state index contributed by atoms with van der Waals surface area (Å²) in [6.45, 7) is 3.69. The molecule has 0 aliphatic rings. The molecule has 2 rings (SSSR count). The van der Waals surface area contributed by atoms with E-state index in [0.717, 1.165) is 0 Å². The van der Waals surface area contributed by atoms with E-state index in [2.05, 4.69) is 10.3 Å². The fraction of sp³-hybridized carbons (Fsp3) is 0.400. The standard InChI is InChI=1S/C15H18ClFN4O2/c1-9(22)6-7-20(3)15(23)14-10(2)21(19-18-14)13-5-4-11(16)8-12(13)17/h4-5,8-9,22H,6-7H2,1-3H3. The Balaban J connectivity index is 2.27. The number of hydrogen-bond donors (Lipinski definition) is 1. The van der Waals surface area contributed by atoms with Gasteiger partial charge in [-0.3, -0.25) is 4.79 Å². The number of aromatic nitrogens is 3. The number of aliphatic hydroxyl groups is 1. The zero-order valence-electron chi connectivity index (χ0n) is 13.1. The molecule has 1 heterocycles. The molecule has 0 saturated carbocycles. The summed E-state index contributed by atoms with van der Waals surface area (Å²) >= 11 is 5.74. The second kappa shape index (κ2) is 7.06. The predicted molar refractivity (Wildman–Crippen MR) is 84.3 cm³/mol. The van der Waals surface area contributed by atoms with E-state index in [9.17, 15) is 14.3 Å². The van der Waals surface area contributed by atoms with Crippen LogP contribution in [0.3, 0.4) is 0 Å². The SMILES string of the molecule is Cc1c(C(=O)N(C)CCC(C)O)nnn1-c1ccc(Cl)cc1F. The Morgan fingerprint density at radius 2 is 2.22 bits per heavy atom. The minimum atomic E-state index is -0.549. The van der Waals surface area contributed by atoms with E-state index >= 15 is 0 Å². The van der Waals surface area contributed by atoms with Crippen molar-refractivity contribution >= 4 is 17.5 Å². The van der Waals surface area contributed by atoms with Crippen LogP contribution in [0.4, 0.5) is 4.39 Å².